The summed E-state index contributed by atoms with van der Waals surface area (Å²) in [5.74, 6) is -0.349. The predicted octanol–water partition coefficient (Wildman–Crippen LogP) is 4.59. The molecule has 1 amide bonds. The summed E-state index contributed by atoms with van der Waals surface area (Å²) in [4.78, 5) is 15.2. The zero-order chi connectivity index (χ0) is 32.0. The van der Waals surface area contributed by atoms with E-state index >= 15 is 0 Å². The Balaban J connectivity index is 1.39. The van der Waals surface area contributed by atoms with Gasteiger partial charge in [0.05, 0.1) is 42.1 Å². The number of aliphatic hydroxyl groups excluding tert-OH is 1. The number of alkyl halides is 3. The molecule has 44 heavy (non-hydrogen) atoms. The molecule has 2 N–H and O–H groups in total. The van der Waals surface area contributed by atoms with Gasteiger partial charge in [-0.1, -0.05) is 35.3 Å². The number of aromatic nitrogens is 3. The molecule has 236 valence electrons. The second kappa shape index (κ2) is 11.8. The number of hydrogen-bond acceptors (Lipinski definition) is 8. The minimum absolute atomic E-state index is 0.0430. The molecule has 4 atom stereocenters. The van der Waals surface area contributed by atoms with Gasteiger partial charge < -0.3 is 20.1 Å². The lowest BCUT2D eigenvalue weighted by Gasteiger charge is -2.44. The minimum Gasteiger partial charge on any atom is -0.372 e. The Morgan fingerprint density at radius 1 is 1.20 bits per heavy atom. The minimum atomic E-state index is -4.38. The van der Waals surface area contributed by atoms with Crippen LogP contribution in [0.1, 0.15) is 32.8 Å². The number of fused-ring (bicyclic) bond motifs is 1. The van der Waals surface area contributed by atoms with E-state index in [9.17, 15) is 23.1 Å². The van der Waals surface area contributed by atoms with E-state index in [0.717, 1.165) is 5.01 Å². The Bertz CT molecular complexity index is 1570. The van der Waals surface area contributed by atoms with Crippen molar-refractivity contribution in [2.24, 2.45) is 10.5 Å². The summed E-state index contributed by atoms with van der Waals surface area (Å²) < 4.78 is 46.4. The number of benzene rings is 1. The molecule has 0 radical (unpaired) electrons. The van der Waals surface area contributed by atoms with Crippen LogP contribution in [-0.2, 0) is 9.53 Å². The third-order valence-electron chi connectivity index (χ3n) is 8.10. The molecule has 1 aromatic carbocycles. The highest BCUT2D eigenvalue weighted by Crippen LogP contribution is 2.40. The predicted molar refractivity (Wildman–Crippen MR) is 160 cm³/mol. The number of amides is 1. The van der Waals surface area contributed by atoms with Gasteiger partial charge >= 0.3 is 6.18 Å². The largest absolute Gasteiger partial charge is 0.407 e. The highest BCUT2D eigenvalue weighted by atomic mass is 35.5. The van der Waals surface area contributed by atoms with Crippen LogP contribution in [0, 0.1) is 5.41 Å². The monoisotopic (exact) mass is 653 g/mol. The normalized spacial score (nSPS) is 25.0. The third-order valence-corrected chi connectivity index (χ3v) is 8.51. The fourth-order valence-electron chi connectivity index (χ4n) is 5.88. The molecule has 0 saturated heterocycles. The van der Waals surface area contributed by atoms with Crippen molar-refractivity contribution in [1.29, 1.82) is 0 Å². The molecule has 0 saturated carbocycles. The quantitative estimate of drug-likeness (QED) is 0.381. The average molecular weight is 655 g/mol. The molecule has 1 aromatic heterocycles. The van der Waals surface area contributed by atoms with Crippen LogP contribution in [0.3, 0.4) is 0 Å². The number of carbonyl (C=O) groups is 1. The van der Waals surface area contributed by atoms with Gasteiger partial charge in [0.25, 0.3) is 0 Å². The number of hydrogen-bond donors (Lipinski definition) is 2. The summed E-state index contributed by atoms with van der Waals surface area (Å²) >= 11 is 12.4. The molecule has 5 rings (SSSR count). The van der Waals surface area contributed by atoms with E-state index in [2.05, 4.69) is 20.7 Å². The second-order valence-electron chi connectivity index (χ2n) is 11.4. The zero-order valence-corrected chi connectivity index (χ0v) is 26.0. The Labute approximate surface area is 262 Å². The molecule has 1 aliphatic carbocycles. The van der Waals surface area contributed by atoms with Gasteiger partial charge in [0.2, 0.25) is 5.91 Å². The summed E-state index contributed by atoms with van der Waals surface area (Å²) in [7, 11) is 1.54. The Morgan fingerprint density at radius 3 is 2.59 bits per heavy atom. The van der Waals surface area contributed by atoms with Gasteiger partial charge in [-0.2, -0.15) is 18.3 Å². The summed E-state index contributed by atoms with van der Waals surface area (Å²) in [5, 5.41) is 28.0. The lowest BCUT2D eigenvalue weighted by Crippen LogP contribution is -2.58. The Hall–Kier alpha value is -3.39. The van der Waals surface area contributed by atoms with E-state index in [1.807, 2.05) is 13.8 Å². The molecule has 2 aliphatic heterocycles. The zero-order valence-electron chi connectivity index (χ0n) is 24.4. The molecular weight excluding hydrogens is 622 g/mol. The summed E-state index contributed by atoms with van der Waals surface area (Å²) in [6.07, 6.45) is 2.86. The van der Waals surface area contributed by atoms with Crippen LogP contribution in [-0.4, -0.2) is 92.4 Å². The smallest absolute Gasteiger partial charge is 0.372 e. The number of ether oxygens (including phenoxy) is 1. The van der Waals surface area contributed by atoms with Crippen LogP contribution in [0.4, 0.5) is 13.2 Å². The maximum Gasteiger partial charge on any atom is 0.407 e. The van der Waals surface area contributed by atoms with E-state index in [4.69, 9.17) is 27.9 Å². The maximum absolute atomic E-state index is 13.7. The van der Waals surface area contributed by atoms with Crippen molar-refractivity contribution in [3.8, 4) is 5.69 Å². The van der Waals surface area contributed by atoms with Gasteiger partial charge in [-0.05, 0) is 56.7 Å². The lowest BCUT2D eigenvalue weighted by molar-refractivity contribution is -0.145. The summed E-state index contributed by atoms with van der Waals surface area (Å²) in [6, 6.07) is 4.47. The molecule has 3 heterocycles. The van der Waals surface area contributed by atoms with Crippen molar-refractivity contribution in [3.63, 3.8) is 0 Å². The Morgan fingerprint density at radius 2 is 1.95 bits per heavy atom. The highest BCUT2D eigenvalue weighted by molar-refractivity contribution is 6.31. The summed E-state index contributed by atoms with van der Waals surface area (Å²) in [6.45, 7) is 4.47. The highest BCUT2D eigenvalue weighted by Gasteiger charge is 2.44. The van der Waals surface area contributed by atoms with Crippen LogP contribution in [0.2, 0.25) is 10.2 Å². The van der Waals surface area contributed by atoms with Gasteiger partial charge in [0.1, 0.15) is 18.4 Å². The standard InChI is InChI=1S/C29H32Cl2F3N7O3/c1-5-21(26(43)35-18-7-9-23-27(2,12-18)14-39(37-23)16-29(32,33)34)40-15-28(3,44-4)20(11-25(40)42)19-10-17(30)6-8-22(19)41-13-24(31)36-38-41/h6-13,21,26,35,43H,5,14-16H2,1-4H3. The van der Waals surface area contributed by atoms with Crippen molar-refractivity contribution >= 4 is 40.4 Å². The van der Waals surface area contributed by atoms with Crippen LogP contribution in [0.25, 0.3) is 11.3 Å². The molecule has 2 aromatic rings. The number of nitrogens with zero attached hydrogens (tertiary/aromatic N) is 6. The van der Waals surface area contributed by atoms with E-state index < -0.39 is 36.0 Å². The molecule has 0 bridgehead atoms. The molecular formula is C29H32Cl2F3N7O3. The fraction of sp³-hybridized carbons (Fsp3) is 0.448. The first-order valence-corrected chi connectivity index (χ1v) is 14.6. The van der Waals surface area contributed by atoms with Crippen LogP contribution >= 0.6 is 23.2 Å². The number of rotatable bonds is 9. The first-order chi connectivity index (χ1) is 20.6. The number of carbonyl (C=O) groups excluding carboxylic acids is 1. The first kappa shape index (κ1) is 32.0. The fourth-order valence-corrected chi connectivity index (χ4v) is 6.18. The lowest BCUT2D eigenvalue weighted by atomic mass is 9.81. The number of hydrazone groups is 1. The molecule has 0 spiro atoms. The molecule has 0 fully saturated rings. The number of allylic oxidation sites excluding steroid dienone is 2. The van der Waals surface area contributed by atoms with Crippen molar-refractivity contribution in [2.45, 2.75) is 51.2 Å². The van der Waals surface area contributed by atoms with E-state index in [-0.39, 0.29) is 24.1 Å². The van der Waals surface area contributed by atoms with Crippen LogP contribution in [0.15, 0.2) is 59.5 Å². The van der Waals surface area contributed by atoms with Gasteiger partial charge in [-0.3, -0.25) is 9.80 Å². The number of aliphatic hydroxyl groups is 1. The third kappa shape index (κ3) is 6.37. The number of halogens is 5. The average Bonchev–Trinajstić information content (AvgIpc) is 3.51. The van der Waals surface area contributed by atoms with Gasteiger partial charge in [0.15, 0.2) is 5.15 Å². The van der Waals surface area contributed by atoms with Crippen molar-refractivity contribution in [3.05, 3.63) is 70.1 Å². The molecule has 15 heteroatoms. The molecule has 10 nitrogen and oxygen atoms in total. The van der Waals surface area contributed by atoms with Crippen molar-refractivity contribution in [1.82, 2.24) is 30.2 Å². The number of methoxy groups -OCH3 is 1. The van der Waals surface area contributed by atoms with Gasteiger partial charge in [-0.25, -0.2) is 4.68 Å². The van der Waals surface area contributed by atoms with Crippen molar-refractivity contribution < 1.29 is 27.8 Å². The van der Waals surface area contributed by atoms with E-state index in [0.29, 0.717) is 39.7 Å². The topological polar surface area (TPSA) is 108 Å². The van der Waals surface area contributed by atoms with Crippen LogP contribution in [0.5, 0.6) is 0 Å². The summed E-state index contributed by atoms with van der Waals surface area (Å²) in [5.41, 5.74) is 0.969. The molecule has 4 unspecified atom stereocenters. The van der Waals surface area contributed by atoms with Crippen molar-refractivity contribution in [2.75, 3.05) is 26.7 Å². The first-order valence-electron chi connectivity index (χ1n) is 13.9. The second-order valence-corrected chi connectivity index (χ2v) is 12.3. The Kier molecular flexibility index (Phi) is 8.62. The van der Waals surface area contributed by atoms with Crippen LogP contribution < -0.4 is 5.32 Å². The van der Waals surface area contributed by atoms with Gasteiger partial charge in [0, 0.05) is 35.0 Å². The molecule has 3 aliphatic rings. The number of nitrogens with one attached hydrogen (secondary N) is 1. The van der Waals surface area contributed by atoms with E-state index in [1.54, 1.807) is 48.3 Å². The van der Waals surface area contributed by atoms with Gasteiger partial charge in [-0.15, -0.1) is 5.10 Å². The SMILES string of the molecule is CCC(C(O)NC1=CC2(C)CN(CC(F)(F)F)N=C2C=C1)N1CC(C)(OC)C(c2cc(Cl)ccc2-n2cc(Cl)nn2)=CC1=O. The maximum atomic E-state index is 13.7. The van der Waals surface area contributed by atoms with E-state index in [1.165, 1.54) is 24.1 Å².